The van der Waals surface area contributed by atoms with E-state index in [-0.39, 0.29) is 53.1 Å². The van der Waals surface area contributed by atoms with Crippen LogP contribution in [0.2, 0.25) is 0 Å². The van der Waals surface area contributed by atoms with Crippen LogP contribution in [0.15, 0.2) is 250 Å². The number of ether oxygens (including phenoxy) is 6. The summed E-state index contributed by atoms with van der Waals surface area (Å²) in [7, 11) is 11.2. The van der Waals surface area contributed by atoms with Gasteiger partial charge < -0.3 is 62.4 Å². The molecule has 138 heavy (non-hydrogen) atoms. The summed E-state index contributed by atoms with van der Waals surface area (Å²) in [5, 5.41) is 3.11. The minimum Gasteiger partial charge on any atom is -0.461 e. The number of aromatic nitrogens is 4. The molecule has 0 bridgehead atoms. The average molecular weight is 1900 g/mol. The van der Waals surface area contributed by atoms with Crippen LogP contribution in [-0.2, 0) is 69.6 Å². The second kappa shape index (κ2) is 42.0. The van der Waals surface area contributed by atoms with Crippen molar-refractivity contribution in [3.8, 4) is 39.9 Å². The Labute approximate surface area is 792 Å². The number of guanidine groups is 5. The summed E-state index contributed by atoms with van der Waals surface area (Å²) < 4.78 is 124. The highest BCUT2D eigenvalue weighted by Gasteiger charge is 2.55. The van der Waals surface area contributed by atoms with Crippen LogP contribution in [0.25, 0.3) is 11.1 Å². The van der Waals surface area contributed by atoms with Crippen molar-refractivity contribution in [3.05, 3.63) is 326 Å². The van der Waals surface area contributed by atoms with Crippen molar-refractivity contribution >= 4 is 59.3 Å². The highest BCUT2D eigenvalue weighted by molar-refractivity contribution is 6.12. The van der Waals surface area contributed by atoms with E-state index in [2.05, 4.69) is 50.2 Å². The maximum Gasteiger partial charge on any atom is 0.266 e. The zero-order valence-corrected chi connectivity index (χ0v) is 78.4. The number of aryl methyl sites for hydroxylation is 4. The number of rotatable bonds is 25. The Balaban J connectivity index is 0.000000155. The van der Waals surface area contributed by atoms with Gasteiger partial charge in [0, 0.05) is 119 Å². The molecule has 8 heterocycles. The van der Waals surface area contributed by atoms with E-state index in [9.17, 15) is 54.7 Å². The van der Waals surface area contributed by atoms with Crippen molar-refractivity contribution in [2.75, 3.05) is 49.4 Å². The lowest BCUT2D eigenvalue weighted by Gasteiger charge is -2.27. The van der Waals surface area contributed by atoms with Crippen molar-refractivity contribution in [1.82, 2.24) is 49.8 Å². The third kappa shape index (κ3) is 20.4. The lowest BCUT2D eigenvalue weighted by atomic mass is 9.81. The minimum atomic E-state index is -1.56. The molecule has 10 unspecified atom stereocenters. The Hall–Kier alpha value is -15.7. The first-order chi connectivity index (χ1) is 65.5. The van der Waals surface area contributed by atoms with E-state index in [0.29, 0.717) is 109 Å². The number of carbonyl (C=O) groups is 5. The summed E-state index contributed by atoms with van der Waals surface area (Å²) in [6, 6.07) is 53.1. The summed E-state index contributed by atoms with van der Waals surface area (Å²) in [6.07, 6.45) is 1.27. The van der Waals surface area contributed by atoms with Crippen LogP contribution < -0.4 is 57.7 Å². The highest BCUT2D eigenvalue weighted by atomic mass is 19.2. The van der Waals surface area contributed by atoms with Crippen LogP contribution in [-0.4, -0.2) is 185 Å². The van der Waals surface area contributed by atoms with Gasteiger partial charge in [-0.25, -0.2) is 66.3 Å². The molecular weight excluding hydrogens is 1790 g/mol. The van der Waals surface area contributed by atoms with Gasteiger partial charge in [-0.2, -0.15) is 4.39 Å². The SMILES string of the molecule is CC(F)Oc1ccc(C2(c3cccc(-c4cncnc4)c3)N=C(N)N(C)C2=O)cc1.CNCc1cccc(C2(c3ccc(OC(C)F)c(C)c3)N=C(N)N(C)C2=O)c1.COCc1cccc(C2(c3ccc(OC(C)F)c(C)c3)N=C(N)N(C)C2=O)c1.Cc1cc(C2(c3ccnc(F)c3)N=C(N)N(C)C2=O)ccc1OC(C)F.Cc1cc(C2(c3cncc(F)c3)N=C(N)N(C)C2=O)ccc1OC(C)F. The summed E-state index contributed by atoms with van der Waals surface area (Å²) in [6.45, 7) is 14.6. The van der Waals surface area contributed by atoms with Crippen molar-refractivity contribution in [1.29, 1.82) is 0 Å². The van der Waals surface area contributed by atoms with E-state index in [1.807, 2.05) is 86.8 Å². The van der Waals surface area contributed by atoms with Crippen LogP contribution >= 0.6 is 0 Å². The fourth-order valence-electron chi connectivity index (χ4n) is 16.4. The van der Waals surface area contributed by atoms with Gasteiger partial charge >= 0.3 is 0 Å². The number of benzene rings is 8. The molecule has 5 aliphatic heterocycles. The summed E-state index contributed by atoms with van der Waals surface area (Å²) in [5.74, 6) is -0.660. The largest absolute Gasteiger partial charge is 0.461 e. The van der Waals surface area contributed by atoms with Gasteiger partial charge in [0.05, 0.1) is 12.8 Å². The van der Waals surface area contributed by atoms with Gasteiger partial charge in [0.1, 0.15) is 40.9 Å². The fraction of sp³-hybridized carbons (Fsp3) is 0.280. The average Bonchev–Trinajstić information content (AvgIpc) is 1.60. The summed E-state index contributed by atoms with van der Waals surface area (Å²) >= 11 is 0. The number of nitrogens with zero attached hydrogens (tertiary/aromatic N) is 14. The van der Waals surface area contributed by atoms with E-state index in [4.69, 9.17) is 57.1 Å². The molecule has 720 valence electrons. The zero-order chi connectivity index (χ0) is 100. The second-order valence-electron chi connectivity index (χ2n) is 32.8. The first-order valence-electron chi connectivity index (χ1n) is 43.2. The lowest BCUT2D eigenvalue weighted by molar-refractivity contribution is -0.130. The smallest absolute Gasteiger partial charge is 0.266 e. The Morgan fingerprint density at radius 3 is 1.01 bits per heavy atom. The third-order valence-corrected chi connectivity index (χ3v) is 23.1. The molecule has 0 saturated carbocycles. The number of hydrogen-bond acceptors (Lipinski definition) is 26. The molecular formula is C100H105F7N20O11. The van der Waals surface area contributed by atoms with Gasteiger partial charge in [-0.1, -0.05) is 103 Å². The Bertz CT molecular complexity index is 6260. The molecule has 5 aliphatic rings. The van der Waals surface area contributed by atoms with Crippen LogP contribution in [0, 0.1) is 39.5 Å². The standard InChI is InChI=1S/C22H20FN5O2.C21H25FN4O2.C21H24FN3O3.2C18H18F2N4O2/c1-14(23)30-19-8-6-17(7-9-19)22(20(29)28(2)21(24)27-22)18-5-3-4-15(10-18)16-11-25-13-26-12-16;1-13-10-17(8-9-18(13)28-14(2)22)21(19(27)26(4)20(23)25-21)16-7-5-6-15(11-16)12-24-3;1-13-10-17(8-9-18(13)28-14(2)22)21(19(26)25(3)20(23)24-21)16-7-5-6-15(11-16)12-27-4;1-10-6-12(4-5-15(10)26-11(2)19)18(13-7-14(20)9-22-8-13)16(25)24(3)17(21)23-18;1-10-8-12(4-5-14(10)26-11(2)19)18(13-6-7-22-15(20)9-13)16(25)24(3)17(21)23-18/h3-14H,1-2H3,(H2,24,27);5-11,14,24H,12H2,1-4H3,(H2,23,25);5-11,14H,12H2,1-4H3,(H2,23,24);2*4-9,11H,1-3H3,(H2,21,23). The van der Waals surface area contributed by atoms with Gasteiger partial charge in [-0.3, -0.25) is 53.5 Å². The molecule has 31 nitrogen and oxygen atoms in total. The molecule has 3 aromatic heterocycles. The highest BCUT2D eigenvalue weighted by Crippen LogP contribution is 2.48. The van der Waals surface area contributed by atoms with Gasteiger partial charge in [-0.15, -0.1) is 0 Å². The summed E-state index contributed by atoms with van der Waals surface area (Å²) in [5.41, 5.74) is 34.4. The number of likely N-dealkylation sites (N-methyl/N-ethyl adjacent to an activating group) is 5. The van der Waals surface area contributed by atoms with Crippen LogP contribution in [0.5, 0.6) is 28.7 Å². The molecule has 16 rings (SSSR count). The van der Waals surface area contributed by atoms with Crippen molar-refractivity contribution in [2.24, 2.45) is 53.6 Å². The number of nitrogens with two attached hydrogens (primary N) is 5. The molecule has 0 radical (unpaired) electrons. The van der Waals surface area contributed by atoms with Crippen molar-refractivity contribution < 1.29 is 83.1 Å². The fourth-order valence-corrected chi connectivity index (χ4v) is 16.4. The molecule has 11 N–H and O–H groups in total. The van der Waals surface area contributed by atoms with E-state index in [0.717, 1.165) is 40.1 Å². The first kappa shape index (κ1) is 101. The maximum absolute atomic E-state index is 13.8. The number of carbonyl (C=O) groups excluding carboxylic acids is 5. The van der Waals surface area contributed by atoms with Crippen molar-refractivity contribution in [2.45, 2.75) is 135 Å². The number of hydrogen-bond donors (Lipinski definition) is 6. The molecule has 0 aliphatic carbocycles. The van der Waals surface area contributed by atoms with Gasteiger partial charge in [0.2, 0.25) is 37.7 Å². The van der Waals surface area contributed by atoms with Crippen LogP contribution in [0.1, 0.15) is 124 Å². The Morgan fingerprint density at radius 1 is 0.355 bits per heavy atom. The van der Waals surface area contributed by atoms with E-state index < -0.39 is 83.1 Å². The molecule has 8 aromatic carbocycles. The van der Waals surface area contributed by atoms with E-state index in [1.54, 1.807) is 158 Å². The molecule has 38 heteroatoms. The quantitative estimate of drug-likeness (QED) is 0.0229. The number of alkyl halides is 5. The third-order valence-electron chi connectivity index (χ3n) is 23.1. The van der Waals surface area contributed by atoms with Gasteiger partial charge in [0.25, 0.3) is 29.5 Å². The Morgan fingerprint density at radius 2 is 0.681 bits per heavy atom. The molecule has 0 spiro atoms. The molecule has 10 atom stereocenters. The van der Waals surface area contributed by atoms with Crippen LogP contribution in [0.3, 0.4) is 0 Å². The predicted octanol–water partition coefficient (Wildman–Crippen LogP) is 12.7. The zero-order valence-electron chi connectivity index (χ0n) is 78.4. The first-order valence-corrected chi connectivity index (χ1v) is 43.2. The van der Waals surface area contributed by atoms with E-state index in [1.165, 1.54) is 104 Å². The Kier molecular flexibility index (Phi) is 30.8. The van der Waals surface area contributed by atoms with Crippen molar-refractivity contribution in [3.63, 3.8) is 0 Å². The normalized spacial score (nSPS) is 20.3. The number of methoxy groups -OCH3 is 1. The number of amides is 5. The molecule has 0 fully saturated rings. The number of halogens is 7. The predicted molar refractivity (Wildman–Crippen MR) is 505 cm³/mol. The van der Waals surface area contributed by atoms with E-state index >= 15 is 0 Å². The summed E-state index contributed by atoms with van der Waals surface area (Å²) in [4.78, 5) is 110. The molecule has 0 saturated heterocycles. The maximum atomic E-state index is 13.8. The number of aliphatic imine (C=N–C) groups is 5. The number of pyridine rings is 2. The number of nitrogens with one attached hydrogen (secondary N) is 1. The minimum absolute atomic E-state index is 0.00891. The lowest BCUT2D eigenvalue weighted by Crippen LogP contribution is -2.41. The topological polar surface area (TPSA) is 412 Å². The van der Waals surface area contributed by atoms with Gasteiger partial charge in [0.15, 0.2) is 57.5 Å². The van der Waals surface area contributed by atoms with Gasteiger partial charge in [-0.05, 0) is 209 Å². The molecule has 5 amide bonds. The second-order valence-corrected chi connectivity index (χ2v) is 32.8. The van der Waals surface area contributed by atoms with Crippen LogP contribution in [0.4, 0.5) is 30.7 Å². The monoisotopic (exact) mass is 1890 g/mol. The molecule has 11 aromatic rings.